The molecule has 0 radical (unpaired) electrons. The highest BCUT2D eigenvalue weighted by molar-refractivity contribution is 9.10. The van der Waals surface area contributed by atoms with Crippen molar-refractivity contribution in [3.05, 3.63) is 27.5 Å². The lowest BCUT2D eigenvalue weighted by atomic mass is 10.0. The highest BCUT2D eigenvalue weighted by Gasteiger charge is 2.18. The zero-order valence-electron chi connectivity index (χ0n) is 7.48. The average Bonchev–Trinajstić information content (AvgIpc) is 2.18. The Bertz CT molecular complexity index is 404. The van der Waals surface area contributed by atoms with Crippen LogP contribution in [-0.2, 0) is 12.3 Å². The molecule has 0 spiro atoms. The topological polar surface area (TPSA) is 36.7 Å². The maximum Gasteiger partial charge on any atom is 0.265 e. The van der Waals surface area contributed by atoms with Gasteiger partial charge in [0.05, 0.1) is 18.4 Å². The van der Waals surface area contributed by atoms with E-state index in [0.717, 1.165) is 6.20 Å². The van der Waals surface area contributed by atoms with Gasteiger partial charge in [-0.2, -0.15) is 5.26 Å². The highest BCUT2D eigenvalue weighted by atomic mass is 79.9. The monoisotopic (exact) mass is 294 g/mol. The molecule has 0 fully saturated rings. The summed E-state index contributed by atoms with van der Waals surface area (Å²) in [7, 11) is 0. The average molecular weight is 296 g/mol. The highest BCUT2D eigenvalue weighted by Crippen LogP contribution is 2.29. The van der Waals surface area contributed by atoms with Crippen molar-refractivity contribution < 1.29 is 8.78 Å². The molecular weight excluding hydrogens is 289 g/mol. The van der Waals surface area contributed by atoms with Crippen LogP contribution in [0, 0.1) is 11.3 Å². The third-order valence-corrected chi connectivity index (χ3v) is 2.85. The number of hydrogen-bond acceptors (Lipinski definition) is 2. The van der Waals surface area contributed by atoms with Gasteiger partial charge >= 0.3 is 0 Å². The molecule has 0 aliphatic heterocycles. The van der Waals surface area contributed by atoms with Gasteiger partial charge in [-0.25, -0.2) is 13.8 Å². The lowest BCUT2D eigenvalue weighted by Crippen LogP contribution is -2.02. The SMILES string of the molecule is N#CCc1c(C(F)F)cnc(Br)c1CCl. The zero-order chi connectivity index (χ0) is 11.4. The third kappa shape index (κ3) is 2.64. The van der Waals surface area contributed by atoms with Gasteiger partial charge in [-0.1, -0.05) is 0 Å². The summed E-state index contributed by atoms with van der Waals surface area (Å²) in [6, 6.07) is 1.84. The smallest absolute Gasteiger partial charge is 0.249 e. The first-order chi connectivity index (χ1) is 7.11. The molecular formula is C9H6BrClF2N2. The van der Waals surface area contributed by atoms with E-state index in [4.69, 9.17) is 16.9 Å². The van der Waals surface area contributed by atoms with Gasteiger partial charge in [-0.15, -0.1) is 11.6 Å². The van der Waals surface area contributed by atoms with Crippen LogP contribution in [0.15, 0.2) is 10.8 Å². The second kappa shape index (κ2) is 5.38. The fraction of sp³-hybridized carbons (Fsp3) is 0.333. The molecule has 0 aromatic carbocycles. The molecule has 2 nitrogen and oxygen atoms in total. The van der Waals surface area contributed by atoms with Crippen molar-refractivity contribution >= 4 is 27.5 Å². The predicted molar refractivity (Wildman–Crippen MR) is 55.8 cm³/mol. The van der Waals surface area contributed by atoms with Crippen molar-refractivity contribution in [2.24, 2.45) is 0 Å². The number of alkyl halides is 3. The maximum absolute atomic E-state index is 12.6. The molecule has 15 heavy (non-hydrogen) atoms. The van der Waals surface area contributed by atoms with E-state index in [0.29, 0.717) is 10.2 Å². The van der Waals surface area contributed by atoms with Crippen LogP contribution in [0.4, 0.5) is 8.78 Å². The second-order valence-electron chi connectivity index (χ2n) is 2.73. The largest absolute Gasteiger partial charge is 0.265 e. The van der Waals surface area contributed by atoms with Crippen LogP contribution in [0.1, 0.15) is 23.1 Å². The fourth-order valence-corrected chi connectivity index (χ4v) is 2.12. The maximum atomic E-state index is 12.6. The lowest BCUT2D eigenvalue weighted by Gasteiger charge is -2.11. The molecule has 0 saturated carbocycles. The van der Waals surface area contributed by atoms with Crippen molar-refractivity contribution in [2.75, 3.05) is 0 Å². The van der Waals surface area contributed by atoms with Gasteiger partial charge in [0.15, 0.2) is 0 Å². The minimum atomic E-state index is -2.64. The summed E-state index contributed by atoms with van der Waals surface area (Å²) in [6.45, 7) is 0. The molecule has 0 bridgehead atoms. The van der Waals surface area contributed by atoms with Crippen LogP contribution in [0.25, 0.3) is 0 Å². The number of aromatic nitrogens is 1. The molecule has 0 aliphatic carbocycles. The normalized spacial score (nSPS) is 10.4. The fourth-order valence-electron chi connectivity index (χ4n) is 1.19. The van der Waals surface area contributed by atoms with E-state index in [1.807, 2.05) is 6.07 Å². The molecule has 1 aromatic rings. The Labute approximate surface area is 99.0 Å². The van der Waals surface area contributed by atoms with Gasteiger partial charge < -0.3 is 0 Å². The van der Waals surface area contributed by atoms with Gasteiger partial charge in [0.25, 0.3) is 6.43 Å². The zero-order valence-corrected chi connectivity index (χ0v) is 9.82. The molecule has 0 aliphatic rings. The van der Waals surface area contributed by atoms with Gasteiger partial charge in [0, 0.05) is 17.3 Å². The first-order valence-electron chi connectivity index (χ1n) is 3.99. The molecule has 0 saturated heterocycles. The number of nitriles is 1. The molecule has 1 aromatic heterocycles. The Hall–Kier alpha value is -0.730. The third-order valence-electron chi connectivity index (χ3n) is 1.90. The van der Waals surface area contributed by atoms with Gasteiger partial charge in [-0.05, 0) is 21.5 Å². The van der Waals surface area contributed by atoms with E-state index in [9.17, 15) is 8.78 Å². The molecule has 0 amide bonds. The molecule has 6 heteroatoms. The van der Waals surface area contributed by atoms with E-state index in [2.05, 4.69) is 20.9 Å². The van der Waals surface area contributed by atoms with Gasteiger partial charge in [-0.3, -0.25) is 0 Å². The molecule has 1 heterocycles. The first-order valence-corrected chi connectivity index (χ1v) is 5.31. The second-order valence-corrected chi connectivity index (χ2v) is 3.75. The summed E-state index contributed by atoms with van der Waals surface area (Å²) in [5, 5.41) is 8.56. The summed E-state index contributed by atoms with van der Waals surface area (Å²) >= 11 is 8.74. The summed E-state index contributed by atoms with van der Waals surface area (Å²) in [6.07, 6.45) is -1.67. The summed E-state index contributed by atoms with van der Waals surface area (Å²) < 4.78 is 25.6. The van der Waals surface area contributed by atoms with Crippen molar-refractivity contribution in [2.45, 2.75) is 18.7 Å². The summed E-state index contributed by atoms with van der Waals surface area (Å²) in [5.41, 5.74) is 0.496. The van der Waals surface area contributed by atoms with Crippen LogP contribution in [0.2, 0.25) is 0 Å². The quantitative estimate of drug-likeness (QED) is 0.631. The van der Waals surface area contributed by atoms with Gasteiger partial charge in [0.2, 0.25) is 0 Å². The first kappa shape index (κ1) is 12.3. The molecule has 0 unspecified atom stereocenters. The molecule has 80 valence electrons. The Balaban J connectivity index is 3.36. The number of pyridine rings is 1. The standard InChI is InChI=1S/C9H6BrClF2N2/c10-8-6(3-11)5(1-2-14)7(4-15-8)9(12)13/h4,9H,1,3H2. The predicted octanol–water partition coefficient (Wildman–Crippen LogP) is 3.59. The molecule has 0 N–H and O–H groups in total. The van der Waals surface area contributed by atoms with Crippen molar-refractivity contribution in [1.29, 1.82) is 5.26 Å². The Morgan fingerprint density at radius 3 is 2.67 bits per heavy atom. The van der Waals surface area contributed by atoms with Crippen LogP contribution in [0.3, 0.4) is 0 Å². The van der Waals surface area contributed by atoms with E-state index in [1.165, 1.54) is 0 Å². The Morgan fingerprint density at radius 2 is 2.20 bits per heavy atom. The summed E-state index contributed by atoms with van der Waals surface area (Å²) in [4.78, 5) is 3.76. The van der Waals surface area contributed by atoms with Gasteiger partial charge in [0.1, 0.15) is 4.60 Å². The number of nitrogens with zero attached hydrogens (tertiary/aromatic N) is 2. The summed E-state index contributed by atoms with van der Waals surface area (Å²) in [5.74, 6) is 0.0468. The van der Waals surface area contributed by atoms with Crippen molar-refractivity contribution in [3.63, 3.8) is 0 Å². The van der Waals surface area contributed by atoms with E-state index in [-0.39, 0.29) is 23.4 Å². The number of halogens is 4. The van der Waals surface area contributed by atoms with Crippen LogP contribution >= 0.6 is 27.5 Å². The molecule has 1 rings (SSSR count). The van der Waals surface area contributed by atoms with E-state index < -0.39 is 6.43 Å². The Kier molecular flexibility index (Phi) is 4.43. The minimum Gasteiger partial charge on any atom is -0.249 e. The van der Waals surface area contributed by atoms with Crippen LogP contribution in [-0.4, -0.2) is 4.98 Å². The van der Waals surface area contributed by atoms with E-state index >= 15 is 0 Å². The van der Waals surface area contributed by atoms with E-state index in [1.54, 1.807) is 0 Å². The van der Waals surface area contributed by atoms with Crippen molar-refractivity contribution in [3.8, 4) is 6.07 Å². The van der Waals surface area contributed by atoms with Crippen LogP contribution < -0.4 is 0 Å². The van der Waals surface area contributed by atoms with Crippen LogP contribution in [0.5, 0.6) is 0 Å². The number of hydrogen-bond donors (Lipinski definition) is 0. The minimum absolute atomic E-state index is 0.0468. The Morgan fingerprint density at radius 1 is 1.53 bits per heavy atom. The van der Waals surface area contributed by atoms with Crippen molar-refractivity contribution in [1.82, 2.24) is 4.98 Å². The lowest BCUT2D eigenvalue weighted by molar-refractivity contribution is 0.150. The number of rotatable bonds is 3. The molecule has 0 atom stereocenters.